The smallest absolute Gasteiger partial charge is 0.240 e. The highest BCUT2D eigenvalue weighted by Gasteiger charge is 2.34. The third kappa shape index (κ3) is 2.88. The summed E-state index contributed by atoms with van der Waals surface area (Å²) in [5.74, 6) is 1.29. The Balaban J connectivity index is 2.63. The van der Waals surface area contributed by atoms with Gasteiger partial charge in [-0.05, 0) is 31.9 Å². The van der Waals surface area contributed by atoms with Crippen LogP contribution in [0.3, 0.4) is 0 Å². The molecule has 1 aromatic heterocycles. The Labute approximate surface area is 102 Å². The minimum atomic E-state index is -0.915. The molecule has 0 aliphatic carbocycles. The molecule has 0 saturated heterocycles. The Morgan fingerprint density at radius 2 is 2.12 bits per heavy atom. The monoisotopic (exact) mass is 234 g/mol. The summed E-state index contributed by atoms with van der Waals surface area (Å²) < 4.78 is 5.35. The minimum Gasteiger partial charge on any atom is -0.465 e. The van der Waals surface area contributed by atoms with Crippen LogP contribution in [0.1, 0.15) is 38.2 Å². The van der Waals surface area contributed by atoms with Gasteiger partial charge in [-0.2, -0.15) is 5.26 Å². The third-order valence-corrected chi connectivity index (χ3v) is 3.07. The predicted octanol–water partition coefficient (Wildman–Crippen LogP) is 2.53. The van der Waals surface area contributed by atoms with Gasteiger partial charge in [0.25, 0.3) is 0 Å². The number of carbonyl (C=O) groups is 1. The summed E-state index contributed by atoms with van der Waals surface area (Å²) in [5, 5.41) is 11.9. The number of nitrogens with zero attached hydrogens (tertiary/aromatic N) is 1. The van der Waals surface area contributed by atoms with E-state index in [1.165, 1.54) is 0 Å². The van der Waals surface area contributed by atoms with E-state index in [1.54, 1.807) is 0 Å². The molecule has 0 radical (unpaired) electrons. The normalized spacial score (nSPS) is 10.9. The minimum absolute atomic E-state index is 0.223. The average molecular weight is 234 g/mol. The lowest BCUT2D eigenvalue weighted by molar-refractivity contribution is -0.128. The van der Waals surface area contributed by atoms with Gasteiger partial charge in [-0.25, -0.2) is 0 Å². The van der Waals surface area contributed by atoms with Crippen LogP contribution in [0.2, 0.25) is 0 Å². The van der Waals surface area contributed by atoms with Crippen molar-refractivity contribution in [3.8, 4) is 6.07 Å². The van der Waals surface area contributed by atoms with Crippen molar-refractivity contribution in [2.45, 2.75) is 40.2 Å². The first kappa shape index (κ1) is 13.3. The van der Waals surface area contributed by atoms with E-state index in [2.05, 4.69) is 11.4 Å². The molecule has 0 spiro atoms. The van der Waals surface area contributed by atoms with Crippen molar-refractivity contribution in [2.24, 2.45) is 5.41 Å². The molecule has 4 nitrogen and oxygen atoms in total. The second-order valence-electron chi connectivity index (χ2n) is 4.10. The Morgan fingerprint density at radius 3 is 2.53 bits per heavy atom. The van der Waals surface area contributed by atoms with Crippen molar-refractivity contribution in [3.63, 3.8) is 0 Å². The molecule has 0 bridgehead atoms. The maximum absolute atomic E-state index is 12.0. The quantitative estimate of drug-likeness (QED) is 0.851. The van der Waals surface area contributed by atoms with Crippen molar-refractivity contribution in [2.75, 3.05) is 0 Å². The van der Waals surface area contributed by atoms with Gasteiger partial charge in [-0.3, -0.25) is 4.79 Å². The molecule has 0 fully saturated rings. The summed E-state index contributed by atoms with van der Waals surface area (Å²) in [5.41, 5.74) is -0.915. The highest BCUT2D eigenvalue weighted by atomic mass is 16.3. The molecule has 1 rings (SSSR count). The fourth-order valence-electron chi connectivity index (χ4n) is 1.70. The molecule has 0 atom stereocenters. The Bertz CT molecular complexity index is 425. The van der Waals surface area contributed by atoms with E-state index >= 15 is 0 Å². The second kappa shape index (κ2) is 5.53. The zero-order valence-electron chi connectivity index (χ0n) is 10.5. The van der Waals surface area contributed by atoms with Crippen LogP contribution in [0.25, 0.3) is 0 Å². The van der Waals surface area contributed by atoms with E-state index in [0.717, 1.165) is 5.76 Å². The second-order valence-corrected chi connectivity index (χ2v) is 4.10. The number of aryl methyl sites for hydroxylation is 1. The van der Waals surface area contributed by atoms with Crippen molar-refractivity contribution >= 4 is 5.91 Å². The lowest BCUT2D eigenvalue weighted by Gasteiger charge is -2.21. The number of nitriles is 1. The van der Waals surface area contributed by atoms with E-state index in [0.29, 0.717) is 25.1 Å². The molecule has 17 heavy (non-hydrogen) atoms. The van der Waals surface area contributed by atoms with E-state index in [-0.39, 0.29) is 5.91 Å². The van der Waals surface area contributed by atoms with E-state index in [4.69, 9.17) is 9.68 Å². The number of carbonyl (C=O) groups excluding carboxylic acids is 1. The van der Waals surface area contributed by atoms with E-state index < -0.39 is 5.41 Å². The molecule has 0 aliphatic rings. The zero-order chi connectivity index (χ0) is 12.9. The van der Waals surface area contributed by atoms with E-state index in [9.17, 15) is 4.79 Å². The van der Waals surface area contributed by atoms with Crippen molar-refractivity contribution in [1.29, 1.82) is 5.26 Å². The van der Waals surface area contributed by atoms with Gasteiger partial charge < -0.3 is 9.73 Å². The van der Waals surface area contributed by atoms with Gasteiger partial charge in [0.1, 0.15) is 16.9 Å². The molecule has 1 N–H and O–H groups in total. The Hall–Kier alpha value is -1.76. The molecular weight excluding hydrogens is 216 g/mol. The van der Waals surface area contributed by atoms with Gasteiger partial charge in [0.05, 0.1) is 12.6 Å². The van der Waals surface area contributed by atoms with Crippen molar-refractivity contribution in [1.82, 2.24) is 5.32 Å². The number of furan rings is 1. The van der Waals surface area contributed by atoms with Crippen molar-refractivity contribution < 1.29 is 9.21 Å². The first-order valence-corrected chi connectivity index (χ1v) is 5.83. The molecule has 0 aliphatic heterocycles. The average Bonchev–Trinajstić information content (AvgIpc) is 2.75. The predicted molar refractivity (Wildman–Crippen MR) is 63.9 cm³/mol. The fourth-order valence-corrected chi connectivity index (χ4v) is 1.70. The topological polar surface area (TPSA) is 66.0 Å². The van der Waals surface area contributed by atoms with Crippen LogP contribution in [0.5, 0.6) is 0 Å². The molecule has 0 saturated carbocycles. The SMILES string of the molecule is CCC(C#N)(CC)C(=O)NCc1ccc(C)o1. The molecule has 1 heterocycles. The molecule has 92 valence electrons. The maximum atomic E-state index is 12.0. The summed E-state index contributed by atoms with van der Waals surface area (Å²) in [6, 6.07) is 5.78. The molecule has 4 heteroatoms. The van der Waals surface area contributed by atoms with Gasteiger partial charge in [0, 0.05) is 0 Å². The van der Waals surface area contributed by atoms with Gasteiger partial charge in [-0.15, -0.1) is 0 Å². The zero-order valence-corrected chi connectivity index (χ0v) is 10.5. The molecule has 0 unspecified atom stereocenters. The van der Waals surface area contributed by atoms with Gasteiger partial charge in [-0.1, -0.05) is 13.8 Å². The highest BCUT2D eigenvalue weighted by molar-refractivity contribution is 5.85. The largest absolute Gasteiger partial charge is 0.465 e. The molecule has 1 aromatic rings. The Morgan fingerprint density at radius 1 is 1.47 bits per heavy atom. The number of rotatable bonds is 5. The summed E-state index contributed by atoms with van der Waals surface area (Å²) in [4.78, 5) is 12.0. The van der Waals surface area contributed by atoms with Crippen LogP contribution in [0.15, 0.2) is 16.5 Å². The summed E-state index contributed by atoms with van der Waals surface area (Å²) >= 11 is 0. The van der Waals surface area contributed by atoms with Crippen LogP contribution in [0, 0.1) is 23.7 Å². The maximum Gasteiger partial charge on any atom is 0.240 e. The summed E-state index contributed by atoms with van der Waals surface area (Å²) in [6.07, 6.45) is 1.03. The van der Waals surface area contributed by atoms with Gasteiger partial charge in [0.15, 0.2) is 0 Å². The standard InChI is InChI=1S/C13H18N2O2/c1-4-13(5-2,9-14)12(16)15-8-11-7-6-10(3)17-11/h6-7H,4-5,8H2,1-3H3,(H,15,16). The molecular formula is C13H18N2O2. The van der Waals surface area contributed by atoms with Crippen LogP contribution in [-0.2, 0) is 11.3 Å². The molecule has 0 aromatic carbocycles. The van der Waals surface area contributed by atoms with Crippen LogP contribution >= 0.6 is 0 Å². The van der Waals surface area contributed by atoms with Crippen molar-refractivity contribution in [3.05, 3.63) is 23.7 Å². The lowest BCUT2D eigenvalue weighted by Crippen LogP contribution is -2.38. The van der Waals surface area contributed by atoms with Gasteiger partial charge in [0.2, 0.25) is 5.91 Å². The fraction of sp³-hybridized carbons (Fsp3) is 0.538. The van der Waals surface area contributed by atoms with E-state index in [1.807, 2.05) is 32.9 Å². The lowest BCUT2D eigenvalue weighted by atomic mass is 9.83. The number of amides is 1. The number of hydrogen-bond acceptors (Lipinski definition) is 3. The number of hydrogen-bond donors (Lipinski definition) is 1. The summed E-state index contributed by atoms with van der Waals surface area (Å²) in [7, 11) is 0. The first-order valence-electron chi connectivity index (χ1n) is 5.83. The van der Waals surface area contributed by atoms with Gasteiger partial charge >= 0.3 is 0 Å². The van der Waals surface area contributed by atoms with Crippen LogP contribution < -0.4 is 5.32 Å². The third-order valence-electron chi connectivity index (χ3n) is 3.07. The summed E-state index contributed by atoms with van der Waals surface area (Å²) in [6.45, 7) is 5.88. The first-order chi connectivity index (χ1) is 8.07. The highest BCUT2D eigenvalue weighted by Crippen LogP contribution is 2.25. The van der Waals surface area contributed by atoms with Crippen LogP contribution in [-0.4, -0.2) is 5.91 Å². The Kier molecular flexibility index (Phi) is 4.33. The molecule has 1 amide bonds. The van der Waals surface area contributed by atoms with Crippen LogP contribution in [0.4, 0.5) is 0 Å². The number of nitrogens with one attached hydrogen (secondary N) is 1.